The SMILES string of the molecule is C=CCN(CC=C)Cc1ccc(C(=O)O)o1. The molecular formula is C12H15NO3. The summed E-state index contributed by atoms with van der Waals surface area (Å²) in [7, 11) is 0. The molecule has 0 spiro atoms. The van der Waals surface area contributed by atoms with E-state index < -0.39 is 5.97 Å². The maximum Gasteiger partial charge on any atom is 0.371 e. The molecule has 1 rings (SSSR count). The van der Waals surface area contributed by atoms with Crippen molar-refractivity contribution in [2.24, 2.45) is 0 Å². The van der Waals surface area contributed by atoms with Gasteiger partial charge in [-0.25, -0.2) is 4.79 Å². The highest BCUT2D eigenvalue weighted by molar-refractivity contribution is 5.84. The highest BCUT2D eigenvalue weighted by atomic mass is 16.4. The summed E-state index contributed by atoms with van der Waals surface area (Å²) in [6.07, 6.45) is 3.56. The van der Waals surface area contributed by atoms with Crippen molar-refractivity contribution in [3.63, 3.8) is 0 Å². The predicted molar refractivity (Wildman–Crippen MR) is 61.3 cm³/mol. The topological polar surface area (TPSA) is 53.7 Å². The molecule has 0 saturated heterocycles. The number of carboxylic acid groups (broad SMARTS) is 1. The second-order valence-electron chi connectivity index (χ2n) is 3.34. The van der Waals surface area contributed by atoms with Gasteiger partial charge in [0.15, 0.2) is 0 Å². The van der Waals surface area contributed by atoms with Gasteiger partial charge in [-0.05, 0) is 12.1 Å². The van der Waals surface area contributed by atoms with Gasteiger partial charge in [-0.1, -0.05) is 12.2 Å². The first-order valence-corrected chi connectivity index (χ1v) is 4.93. The van der Waals surface area contributed by atoms with E-state index in [1.807, 2.05) is 4.90 Å². The molecule has 16 heavy (non-hydrogen) atoms. The Morgan fingerprint density at radius 3 is 2.44 bits per heavy atom. The normalized spacial score (nSPS) is 10.3. The standard InChI is InChI=1S/C12H15NO3/c1-3-7-13(8-4-2)9-10-5-6-11(16-10)12(14)15/h3-6H,1-2,7-9H2,(H,14,15). The van der Waals surface area contributed by atoms with Gasteiger partial charge in [0, 0.05) is 13.1 Å². The fourth-order valence-corrected chi connectivity index (χ4v) is 1.37. The van der Waals surface area contributed by atoms with Crippen molar-refractivity contribution < 1.29 is 14.3 Å². The van der Waals surface area contributed by atoms with Crippen LogP contribution in [0.3, 0.4) is 0 Å². The number of nitrogens with zero attached hydrogens (tertiary/aromatic N) is 1. The molecule has 0 aromatic carbocycles. The Morgan fingerprint density at radius 1 is 1.38 bits per heavy atom. The van der Waals surface area contributed by atoms with Crippen molar-refractivity contribution in [1.29, 1.82) is 0 Å². The van der Waals surface area contributed by atoms with E-state index in [9.17, 15) is 4.79 Å². The average molecular weight is 221 g/mol. The molecule has 0 aliphatic carbocycles. The van der Waals surface area contributed by atoms with E-state index in [0.717, 1.165) is 0 Å². The summed E-state index contributed by atoms with van der Waals surface area (Å²) in [6.45, 7) is 9.27. The van der Waals surface area contributed by atoms with E-state index in [-0.39, 0.29) is 5.76 Å². The van der Waals surface area contributed by atoms with Gasteiger partial charge in [-0.2, -0.15) is 0 Å². The first-order chi connectivity index (χ1) is 7.67. The second kappa shape index (κ2) is 5.92. The van der Waals surface area contributed by atoms with Crippen molar-refractivity contribution in [2.45, 2.75) is 6.54 Å². The predicted octanol–water partition coefficient (Wildman–Crippen LogP) is 2.15. The molecule has 0 saturated carbocycles. The van der Waals surface area contributed by atoms with Gasteiger partial charge >= 0.3 is 5.97 Å². The van der Waals surface area contributed by atoms with Gasteiger partial charge in [0.25, 0.3) is 0 Å². The average Bonchev–Trinajstić information content (AvgIpc) is 2.67. The number of carbonyl (C=O) groups is 1. The van der Waals surface area contributed by atoms with E-state index in [1.165, 1.54) is 6.07 Å². The molecule has 4 heteroatoms. The maximum absolute atomic E-state index is 10.6. The van der Waals surface area contributed by atoms with Gasteiger partial charge in [-0.15, -0.1) is 13.2 Å². The molecule has 0 unspecified atom stereocenters. The molecule has 0 fully saturated rings. The molecule has 0 aliphatic rings. The highest BCUT2D eigenvalue weighted by Gasteiger charge is 2.10. The number of rotatable bonds is 7. The van der Waals surface area contributed by atoms with Gasteiger partial charge in [0.2, 0.25) is 5.76 Å². The van der Waals surface area contributed by atoms with E-state index >= 15 is 0 Å². The van der Waals surface area contributed by atoms with Gasteiger partial charge < -0.3 is 9.52 Å². The molecule has 1 N–H and O–H groups in total. The summed E-state index contributed by atoms with van der Waals surface area (Å²) >= 11 is 0. The number of hydrogen-bond donors (Lipinski definition) is 1. The first-order valence-electron chi connectivity index (χ1n) is 4.93. The lowest BCUT2D eigenvalue weighted by Gasteiger charge is -2.16. The van der Waals surface area contributed by atoms with Gasteiger partial charge in [0.05, 0.1) is 6.54 Å². The van der Waals surface area contributed by atoms with Crippen LogP contribution in [0.4, 0.5) is 0 Å². The van der Waals surface area contributed by atoms with Crippen molar-refractivity contribution >= 4 is 5.97 Å². The molecule has 1 aromatic rings. The van der Waals surface area contributed by atoms with Crippen LogP contribution in [0.2, 0.25) is 0 Å². The zero-order valence-corrected chi connectivity index (χ0v) is 9.06. The number of carboxylic acids is 1. The van der Waals surface area contributed by atoms with Crippen LogP contribution in [0.5, 0.6) is 0 Å². The van der Waals surface area contributed by atoms with E-state index in [4.69, 9.17) is 9.52 Å². The van der Waals surface area contributed by atoms with E-state index in [1.54, 1.807) is 18.2 Å². The zero-order chi connectivity index (χ0) is 12.0. The Morgan fingerprint density at radius 2 is 2.00 bits per heavy atom. The van der Waals surface area contributed by atoms with Crippen LogP contribution in [-0.2, 0) is 6.54 Å². The molecule has 0 aliphatic heterocycles. The zero-order valence-electron chi connectivity index (χ0n) is 9.06. The summed E-state index contributed by atoms with van der Waals surface area (Å²) in [4.78, 5) is 12.6. The summed E-state index contributed by atoms with van der Waals surface area (Å²) < 4.78 is 5.16. The van der Waals surface area contributed by atoms with Crippen LogP contribution in [0.25, 0.3) is 0 Å². The lowest BCUT2D eigenvalue weighted by molar-refractivity contribution is 0.0658. The molecular weight excluding hydrogens is 206 g/mol. The Kier molecular flexibility index (Phi) is 4.54. The first kappa shape index (κ1) is 12.3. The molecule has 0 bridgehead atoms. The molecule has 0 amide bonds. The number of furan rings is 1. The quantitative estimate of drug-likeness (QED) is 0.717. The summed E-state index contributed by atoms with van der Waals surface area (Å²) in [5.41, 5.74) is 0. The van der Waals surface area contributed by atoms with E-state index in [2.05, 4.69) is 13.2 Å². The Bertz CT molecular complexity index is 371. The van der Waals surface area contributed by atoms with Crippen LogP contribution >= 0.6 is 0 Å². The van der Waals surface area contributed by atoms with Crippen molar-refractivity contribution in [3.8, 4) is 0 Å². The van der Waals surface area contributed by atoms with Crippen molar-refractivity contribution in [1.82, 2.24) is 4.90 Å². The molecule has 1 aromatic heterocycles. The molecule has 0 atom stereocenters. The minimum atomic E-state index is -1.05. The van der Waals surface area contributed by atoms with Crippen LogP contribution in [0.15, 0.2) is 41.9 Å². The molecule has 0 radical (unpaired) electrons. The molecule has 4 nitrogen and oxygen atoms in total. The smallest absolute Gasteiger partial charge is 0.371 e. The van der Waals surface area contributed by atoms with E-state index in [0.29, 0.717) is 25.4 Å². The van der Waals surface area contributed by atoms with Gasteiger partial charge in [-0.3, -0.25) is 4.90 Å². The number of aromatic carboxylic acids is 1. The minimum Gasteiger partial charge on any atom is -0.475 e. The van der Waals surface area contributed by atoms with Crippen LogP contribution in [0, 0.1) is 0 Å². The summed E-state index contributed by atoms with van der Waals surface area (Å²) in [6, 6.07) is 3.13. The lowest BCUT2D eigenvalue weighted by Crippen LogP contribution is -2.22. The maximum atomic E-state index is 10.6. The summed E-state index contributed by atoms with van der Waals surface area (Å²) in [5.74, 6) is -0.460. The van der Waals surface area contributed by atoms with Crippen LogP contribution in [-0.4, -0.2) is 29.1 Å². The Labute approximate surface area is 94.5 Å². The summed E-state index contributed by atoms with van der Waals surface area (Å²) in [5, 5.41) is 8.70. The lowest BCUT2D eigenvalue weighted by atomic mass is 10.3. The fourth-order valence-electron chi connectivity index (χ4n) is 1.37. The minimum absolute atomic E-state index is 0.0350. The molecule has 1 heterocycles. The Hall–Kier alpha value is -1.81. The van der Waals surface area contributed by atoms with Crippen molar-refractivity contribution in [2.75, 3.05) is 13.1 Å². The second-order valence-corrected chi connectivity index (χ2v) is 3.34. The highest BCUT2D eigenvalue weighted by Crippen LogP contribution is 2.10. The number of hydrogen-bond acceptors (Lipinski definition) is 3. The molecule has 86 valence electrons. The Balaban J connectivity index is 2.65. The third kappa shape index (κ3) is 3.40. The third-order valence-electron chi connectivity index (χ3n) is 2.03. The largest absolute Gasteiger partial charge is 0.475 e. The van der Waals surface area contributed by atoms with Crippen LogP contribution < -0.4 is 0 Å². The fraction of sp³-hybridized carbons (Fsp3) is 0.250. The van der Waals surface area contributed by atoms with Crippen LogP contribution in [0.1, 0.15) is 16.3 Å². The third-order valence-corrected chi connectivity index (χ3v) is 2.03. The van der Waals surface area contributed by atoms with Crippen molar-refractivity contribution in [3.05, 3.63) is 49.0 Å². The van der Waals surface area contributed by atoms with Gasteiger partial charge in [0.1, 0.15) is 5.76 Å². The monoisotopic (exact) mass is 221 g/mol.